The van der Waals surface area contributed by atoms with E-state index in [0.717, 1.165) is 29.7 Å². The van der Waals surface area contributed by atoms with Crippen molar-refractivity contribution in [2.45, 2.75) is 31.2 Å². The van der Waals surface area contributed by atoms with Crippen LogP contribution in [0.1, 0.15) is 37.0 Å². The first-order valence-corrected chi connectivity index (χ1v) is 6.55. The predicted octanol–water partition coefficient (Wildman–Crippen LogP) is 2.70. The Kier molecular flexibility index (Phi) is 2.05. The number of carboxylic acid groups (broad SMARTS) is 1. The second-order valence-corrected chi connectivity index (χ2v) is 5.49. The van der Waals surface area contributed by atoms with Crippen molar-refractivity contribution in [1.29, 1.82) is 0 Å². The number of rotatable bonds is 3. The molecule has 2 atom stereocenters. The van der Waals surface area contributed by atoms with Gasteiger partial charge < -0.3 is 9.67 Å². The summed E-state index contributed by atoms with van der Waals surface area (Å²) in [7, 11) is 0. The molecule has 98 valence electrons. The van der Waals surface area contributed by atoms with E-state index in [1.165, 1.54) is 12.1 Å². The Bertz CT molecular complexity index is 690. The van der Waals surface area contributed by atoms with E-state index < -0.39 is 5.97 Å². The van der Waals surface area contributed by atoms with Gasteiger partial charge in [-0.25, -0.2) is 9.37 Å². The van der Waals surface area contributed by atoms with Crippen LogP contribution in [0, 0.1) is 11.7 Å². The fraction of sp³-hybridized carbons (Fsp3) is 0.429. The normalized spacial score (nSPS) is 25.7. The molecule has 2 fully saturated rings. The highest BCUT2D eigenvalue weighted by Gasteiger charge is 2.48. The van der Waals surface area contributed by atoms with E-state index in [1.54, 1.807) is 6.07 Å². The number of hydrogen-bond acceptors (Lipinski definition) is 2. The van der Waals surface area contributed by atoms with Gasteiger partial charge in [0.05, 0.1) is 17.0 Å². The molecular formula is C14H13FN2O2. The van der Waals surface area contributed by atoms with Crippen molar-refractivity contribution in [2.24, 2.45) is 5.92 Å². The van der Waals surface area contributed by atoms with E-state index in [1.807, 2.05) is 0 Å². The van der Waals surface area contributed by atoms with Crippen LogP contribution >= 0.6 is 0 Å². The summed E-state index contributed by atoms with van der Waals surface area (Å²) < 4.78 is 15.5. The molecule has 2 saturated carbocycles. The molecule has 1 N–H and O–H groups in total. The lowest BCUT2D eigenvalue weighted by molar-refractivity contribution is -0.138. The van der Waals surface area contributed by atoms with E-state index in [2.05, 4.69) is 9.55 Å². The Hall–Kier alpha value is -1.91. The van der Waals surface area contributed by atoms with E-state index in [4.69, 9.17) is 5.11 Å². The summed E-state index contributed by atoms with van der Waals surface area (Å²) in [6.07, 6.45) is 2.78. The minimum Gasteiger partial charge on any atom is -0.481 e. The van der Waals surface area contributed by atoms with Gasteiger partial charge in [0.1, 0.15) is 11.6 Å². The van der Waals surface area contributed by atoms with Gasteiger partial charge in [-0.15, -0.1) is 0 Å². The van der Waals surface area contributed by atoms with Gasteiger partial charge in [-0.1, -0.05) is 0 Å². The van der Waals surface area contributed by atoms with Crippen LogP contribution in [0.2, 0.25) is 0 Å². The lowest BCUT2D eigenvalue weighted by atomic mass is 10.3. The zero-order valence-corrected chi connectivity index (χ0v) is 10.2. The van der Waals surface area contributed by atoms with Crippen molar-refractivity contribution in [2.75, 3.05) is 0 Å². The number of imidazole rings is 1. The van der Waals surface area contributed by atoms with Gasteiger partial charge in [0, 0.05) is 12.0 Å². The smallest absolute Gasteiger partial charge is 0.307 e. The lowest BCUT2D eigenvalue weighted by Crippen LogP contribution is -2.04. The minimum absolute atomic E-state index is 0.00596. The number of halogens is 1. The maximum Gasteiger partial charge on any atom is 0.307 e. The van der Waals surface area contributed by atoms with Crippen molar-refractivity contribution in [3.8, 4) is 0 Å². The second kappa shape index (κ2) is 3.56. The molecule has 0 bridgehead atoms. The summed E-state index contributed by atoms with van der Waals surface area (Å²) in [5.41, 5.74) is 1.56. The number of fused-ring (bicyclic) bond motifs is 1. The van der Waals surface area contributed by atoms with Crippen molar-refractivity contribution in [3.63, 3.8) is 0 Å². The average molecular weight is 260 g/mol. The third-order valence-electron chi connectivity index (χ3n) is 4.03. The summed E-state index contributed by atoms with van der Waals surface area (Å²) in [5, 5.41) is 9.05. The SMILES string of the molecule is O=C(O)C1CC1c1nc2ccc(F)cc2n1C1CC1. The molecular weight excluding hydrogens is 247 g/mol. The predicted molar refractivity (Wildman–Crippen MR) is 66.4 cm³/mol. The first-order valence-electron chi connectivity index (χ1n) is 6.55. The molecule has 0 amide bonds. The van der Waals surface area contributed by atoms with E-state index in [9.17, 15) is 9.18 Å². The average Bonchev–Trinajstić information content (AvgIpc) is 3.25. The van der Waals surface area contributed by atoms with Gasteiger partial charge in [-0.05, 0) is 37.5 Å². The van der Waals surface area contributed by atoms with Crippen LogP contribution in [0.5, 0.6) is 0 Å². The van der Waals surface area contributed by atoms with Crippen LogP contribution in [-0.2, 0) is 4.79 Å². The molecule has 19 heavy (non-hydrogen) atoms. The molecule has 2 aliphatic rings. The van der Waals surface area contributed by atoms with Gasteiger partial charge in [-0.2, -0.15) is 0 Å². The fourth-order valence-electron chi connectivity index (χ4n) is 2.82. The Labute approximate surface area is 108 Å². The Morgan fingerprint density at radius 3 is 2.84 bits per heavy atom. The molecule has 1 aromatic heterocycles. The number of aromatic nitrogens is 2. The third kappa shape index (κ3) is 1.64. The maximum atomic E-state index is 13.4. The van der Waals surface area contributed by atoms with Gasteiger partial charge >= 0.3 is 5.97 Å². The van der Waals surface area contributed by atoms with E-state index in [0.29, 0.717) is 12.5 Å². The summed E-state index contributed by atoms with van der Waals surface area (Å²) in [4.78, 5) is 15.6. The third-order valence-corrected chi connectivity index (χ3v) is 4.03. The Morgan fingerprint density at radius 2 is 2.21 bits per heavy atom. The summed E-state index contributed by atoms with van der Waals surface area (Å²) >= 11 is 0. The van der Waals surface area contributed by atoms with Crippen molar-refractivity contribution >= 4 is 17.0 Å². The summed E-state index contributed by atoms with van der Waals surface area (Å²) in [6.45, 7) is 0. The Morgan fingerprint density at radius 1 is 1.42 bits per heavy atom. The topological polar surface area (TPSA) is 55.1 Å². The highest BCUT2D eigenvalue weighted by Crippen LogP contribution is 2.50. The molecule has 2 aromatic rings. The van der Waals surface area contributed by atoms with Gasteiger partial charge in [-0.3, -0.25) is 4.79 Å². The number of carboxylic acids is 1. The van der Waals surface area contributed by atoms with E-state index in [-0.39, 0.29) is 17.7 Å². The van der Waals surface area contributed by atoms with Crippen LogP contribution in [0.25, 0.3) is 11.0 Å². The number of nitrogens with zero attached hydrogens (tertiary/aromatic N) is 2. The molecule has 5 heteroatoms. The van der Waals surface area contributed by atoms with Crippen molar-refractivity contribution in [1.82, 2.24) is 9.55 Å². The maximum absolute atomic E-state index is 13.4. The van der Waals surface area contributed by atoms with Crippen LogP contribution in [-0.4, -0.2) is 20.6 Å². The zero-order valence-electron chi connectivity index (χ0n) is 10.2. The summed E-state index contributed by atoms with van der Waals surface area (Å²) in [5.74, 6) is -0.528. The molecule has 2 unspecified atom stereocenters. The quantitative estimate of drug-likeness (QED) is 0.923. The molecule has 0 saturated heterocycles. The number of carbonyl (C=O) groups is 1. The van der Waals surface area contributed by atoms with Gasteiger partial charge in [0.15, 0.2) is 0 Å². The molecule has 0 radical (unpaired) electrons. The van der Waals surface area contributed by atoms with Crippen LogP contribution in [0.4, 0.5) is 4.39 Å². The zero-order chi connectivity index (χ0) is 13.1. The molecule has 4 rings (SSSR count). The van der Waals surface area contributed by atoms with E-state index >= 15 is 0 Å². The molecule has 1 aromatic carbocycles. The molecule has 0 aliphatic heterocycles. The minimum atomic E-state index is -0.759. The van der Waals surface area contributed by atoms with Crippen LogP contribution < -0.4 is 0 Å². The number of hydrogen-bond donors (Lipinski definition) is 1. The highest BCUT2D eigenvalue weighted by molar-refractivity contribution is 5.79. The van der Waals surface area contributed by atoms with Crippen LogP contribution in [0.15, 0.2) is 18.2 Å². The standard InChI is InChI=1S/C14H13FN2O2/c15-7-1-4-11-12(5-7)17(8-2-3-8)13(16-11)9-6-10(9)14(18)19/h1,4-5,8-10H,2-3,6H2,(H,18,19). The highest BCUT2D eigenvalue weighted by atomic mass is 19.1. The largest absolute Gasteiger partial charge is 0.481 e. The van der Waals surface area contributed by atoms with Gasteiger partial charge in [0.25, 0.3) is 0 Å². The van der Waals surface area contributed by atoms with Crippen molar-refractivity contribution < 1.29 is 14.3 Å². The van der Waals surface area contributed by atoms with Crippen molar-refractivity contribution in [3.05, 3.63) is 29.8 Å². The second-order valence-electron chi connectivity index (χ2n) is 5.49. The molecule has 0 spiro atoms. The summed E-state index contributed by atoms with van der Waals surface area (Å²) in [6, 6.07) is 4.95. The monoisotopic (exact) mass is 260 g/mol. The first-order chi connectivity index (χ1) is 9.15. The Balaban J connectivity index is 1.86. The first kappa shape index (κ1) is 11.0. The molecule has 2 aliphatic carbocycles. The lowest BCUT2D eigenvalue weighted by Gasteiger charge is -2.06. The molecule has 1 heterocycles. The number of aliphatic carboxylic acids is 1. The molecule has 4 nitrogen and oxygen atoms in total. The van der Waals surface area contributed by atoms with Crippen LogP contribution in [0.3, 0.4) is 0 Å². The number of benzene rings is 1. The van der Waals surface area contributed by atoms with Gasteiger partial charge in [0.2, 0.25) is 0 Å². The fourth-order valence-corrected chi connectivity index (χ4v) is 2.82.